The topological polar surface area (TPSA) is 68.4 Å². The number of carbonyl (C=O) groups is 2. The largest absolute Gasteiger partial charge is 0.374 e. The zero-order valence-electron chi connectivity index (χ0n) is 26.2. The molecule has 2 N–H and O–H groups in total. The van der Waals surface area contributed by atoms with E-state index >= 15 is 0 Å². The summed E-state index contributed by atoms with van der Waals surface area (Å²) in [6.45, 7) is 7.12. The third-order valence-corrected chi connectivity index (χ3v) is 6.96. The molecule has 1 amide bonds. The first kappa shape index (κ1) is 34.6. The zero-order valence-corrected chi connectivity index (χ0v) is 26.9. The van der Waals surface area contributed by atoms with E-state index in [-0.39, 0.29) is 18.2 Å². The van der Waals surface area contributed by atoms with Crippen LogP contribution in [0.3, 0.4) is 0 Å². The molecule has 226 valence electrons. The van der Waals surface area contributed by atoms with Crippen LogP contribution >= 0.6 is 11.6 Å². The molecule has 1 aromatic heterocycles. The highest BCUT2D eigenvalue weighted by molar-refractivity contribution is 6.30. The summed E-state index contributed by atoms with van der Waals surface area (Å²) >= 11 is 5.91. The van der Waals surface area contributed by atoms with Gasteiger partial charge in [-0.1, -0.05) is 80.9 Å². The van der Waals surface area contributed by atoms with Crippen molar-refractivity contribution in [1.29, 1.82) is 0 Å². The normalized spacial score (nSPS) is 13.2. The number of amides is 1. The second-order valence-electron chi connectivity index (χ2n) is 10.6. The number of carbonyl (C=O) groups excluding carboxylic acids is 2. The van der Waals surface area contributed by atoms with E-state index in [2.05, 4.69) is 34.4 Å². The molecule has 6 nitrogen and oxygen atoms in total. The average Bonchev–Trinajstić information content (AvgIpc) is 3.41. The van der Waals surface area contributed by atoms with E-state index in [1.807, 2.05) is 114 Å². The molecule has 42 heavy (non-hydrogen) atoms. The van der Waals surface area contributed by atoms with E-state index in [1.54, 1.807) is 0 Å². The van der Waals surface area contributed by atoms with Crippen LogP contribution in [-0.4, -0.2) is 62.9 Å². The Morgan fingerprint density at radius 2 is 1.69 bits per heavy atom. The molecule has 0 fully saturated rings. The Morgan fingerprint density at radius 3 is 2.36 bits per heavy atom. The number of para-hydroxylation sites is 1. The Hall–Kier alpha value is -3.61. The van der Waals surface area contributed by atoms with E-state index in [4.69, 9.17) is 11.6 Å². The molecular formula is C35H47ClN4O2. The van der Waals surface area contributed by atoms with Crippen LogP contribution in [0.25, 0.3) is 10.9 Å². The van der Waals surface area contributed by atoms with Gasteiger partial charge in [0.05, 0.1) is 12.5 Å². The van der Waals surface area contributed by atoms with Crippen molar-refractivity contribution < 1.29 is 9.59 Å². The molecule has 2 unspecified atom stereocenters. The zero-order chi connectivity index (χ0) is 31.1. The van der Waals surface area contributed by atoms with Gasteiger partial charge in [-0.05, 0) is 74.9 Å². The summed E-state index contributed by atoms with van der Waals surface area (Å²) in [5.74, 6) is -0.261. The molecule has 5 rings (SSSR count). The van der Waals surface area contributed by atoms with Crippen molar-refractivity contribution in [2.75, 3.05) is 39.6 Å². The first-order valence-electron chi connectivity index (χ1n) is 14.6. The predicted octanol–water partition coefficient (Wildman–Crippen LogP) is 7.12. The number of H-pyrrole nitrogens is 1. The molecule has 3 aromatic carbocycles. The molecule has 0 aliphatic carbocycles. The SMILES string of the molecule is CC.CC(c1c[nH]c2ccccc12)C(C=O)NC(=O)Cc1ccccc1.CN(C)C.CN1CCCc2cc(Cl)ccc21. The van der Waals surface area contributed by atoms with Gasteiger partial charge in [0.2, 0.25) is 5.91 Å². The van der Waals surface area contributed by atoms with E-state index < -0.39 is 6.04 Å². The van der Waals surface area contributed by atoms with E-state index in [0.29, 0.717) is 0 Å². The number of benzene rings is 3. The van der Waals surface area contributed by atoms with Crippen molar-refractivity contribution in [2.45, 2.75) is 52.0 Å². The number of aromatic amines is 1. The number of fused-ring (bicyclic) bond motifs is 2. The number of halogens is 1. The van der Waals surface area contributed by atoms with Gasteiger partial charge in [-0.3, -0.25) is 4.79 Å². The molecule has 0 bridgehead atoms. The van der Waals surface area contributed by atoms with Crippen molar-refractivity contribution in [3.8, 4) is 0 Å². The minimum absolute atomic E-state index is 0.113. The molecular weight excluding hydrogens is 544 g/mol. The molecule has 0 radical (unpaired) electrons. The van der Waals surface area contributed by atoms with Gasteiger partial charge in [-0.15, -0.1) is 0 Å². The van der Waals surface area contributed by atoms with Crippen LogP contribution in [0.2, 0.25) is 5.02 Å². The number of aldehydes is 1. The lowest BCUT2D eigenvalue weighted by atomic mass is 9.93. The summed E-state index contributed by atoms with van der Waals surface area (Å²) < 4.78 is 0. The Balaban J connectivity index is 0.000000284. The smallest absolute Gasteiger partial charge is 0.225 e. The lowest BCUT2D eigenvalue weighted by Crippen LogP contribution is -2.40. The van der Waals surface area contributed by atoms with E-state index in [1.165, 1.54) is 24.1 Å². The summed E-state index contributed by atoms with van der Waals surface area (Å²) in [7, 11) is 8.13. The fourth-order valence-corrected chi connectivity index (χ4v) is 4.91. The summed E-state index contributed by atoms with van der Waals surface area (Å²) in [6, 6.07) is 23.0. The Labute approximate surface area is 257 Å². The molecule has 0 saturated heterocycles. The molecule has 2 atom stereocenters. The van der Waals surface area contributed by atoms with Crippen LogP contribution in [0.4, 0.5) is 5.69 Å². The average molecular weight is 591 g/mol. The van der Waals surface area contributed by atoms with Gasteiger partial charge < -0.3 is 24.9 Å². The molecule has 2 heterocycles. The van der Waals surface area contributed by atoms with Crippen molar-refractivity contribution in [1.82, 2.24) is 15.2 Å². The van der Waals surface area contributed by atoms with Crippen LogP contribution in [0, 0.1) is 0 Å². The van der Waals surface area contributed by atoms with Gasteiger partial charge in [0.1, 0.15) is 6.29 Å². The van der Waals surface area contributed by atoms with E-state index in [9.17, 15) is 9.59 Å². The summed E-state index contributed by atoms with van der Waals surface area (Å²) in [4.78, 5) is 31.3. The van der Waals surface area contributed by atoms with Gasteiger partial charge >= 0.3 is 0 Å². The van der Waals surface area contributed by atoms with Crippen molar-refractivity contribution in [2.24, 2.45) is 0 Å². The number of rotatable bonds is 6. The lowest BCUT2D eigenvalue weighted by Gasteiger charge is -2.27. The highest BCUT2D eigenvalue weighted by Gasteiger charge is 2.23. The first-order chi connectivity index (χ1) is 20.2. The maximum absolute atomic E-state index is 12.2. The summed E-state index contributed by atoms with van der Waals surface area (Å²) in [5, 5.41) is 4.78. The summed E-state index contributed by atoms with van der Waals surface area (Å²) in [6.07, 6.45) is 5.40. The van der Waals surface area contributed by atoms with Crippen molar-refractivity contribution >= 4 is 40.4 Å². The molecule has 1 aliphatic heterocycles. The number of nitrogens with one attached hydrogen (secondary N) is 2. The molecule has 0 spiro atoms. The number of hydrogen-bond donors (Lipinski definition) is 2. The maximum atomic E-state index is 12.2. The van der Waals surface area contributed by atoms with Gasteiger partial charge in [0, 0.05) is 47.3 Å². The Bertz CT molecular complexity index is 1370. The van der Waals surface area contributed by atoms with Crippen LogP contribution in [0.5, 0.6) is 0 Å². The minimum Gasteiger partial charge on any atom is -0.374 e. The minimum atomic E-state index is -0.555. The van der Waals surface area contributed by atoms with Gasteiger partial charge in [-0.2, -0.15) is 0 Å². The quantitative estimate of drug-likeness (QED) is 0.235. The fraction of sp³-hybridized carbons (Fsp3) is 0.371. The standard InChI is InChI=1S/C20H20N2O2.C10H12ClN.C3H9N.C2H6/c1-14(17-12-21-18-10-6-5-9-16(17)18)19(13-23)22-20(24)11-15-7-3-2-4-8-15;1-12-6-2-3-8-7-9(11)4-5-10(8)12;1-4(2)3;1-2/h2-10,12-14,19,21H,11H2,1H3,(H,22,24);4-5,7H,2-3,6H2,1H3;1-3H3;1-2H3. The second-order valence-corrected chi connectivity index (χ2v) is 11.0. The fourth-order valence-electron chi connectivity index (χ4n) is 4.71. The van der Waals surface area contributed by atoms with Crippen molar-refractivity contribution in [3.05, 3.63) is 101 Å². The van der Waals surface area contributed by atoms with Gasteiger partial charge in [0.15, 0.2) is 0 Å². The molecule has 1 aliphatic rings. The number of aromatic nitrogens is 1. The number of nitrogens with zero attached hydrogens (tertiary/aromatic N) is 2. The molecule has 0 saturated carbocycles. The van der Waals surface area contributed by atoms with Crippen LogP contribution in [0.1, 0.15) is 49.8 Å². The number of aryl methyl sites for hydroxylation is 1. The third kappa shape index (κ3) is 10.7. The Morgan fingerprint density at radius 1 is 1.05 bits per heavy atom. The second kappa shape index (κ2) is 18.0. The summed E-state index contributed by atoms with van der Waals surface area (Å²) in [5.41, 5.74) is 5.71. The highest BCUT2D eigenvalue weighted by atomic mass is 35.5. The van der Waals surface area contributed by atoms with Crippen LogP contribution < -0.4 is 10.2 Å². The highest BCUT2D eigenvalue weighted by Crippen LogP contribution is 2.28. The predicted molar refractivity (Wildman–Crippen MR) is 179 cm³/mol. The maximum Gasteiger partial charge on any atom is 0.225 e. The number of anilines is 1. The number of hydrogen-bond acceptors (Lipinski definition) is 4. The Kier molecular flexibility index (Phi) is 14.9. The molecule has 7 heteroatoms. The lowest BCUT2D eigenvalue weighted by molar-refractivity contribution is -0.123. The third-order valence-electron chi connectivity index (χ3n) is 6.72. The monoisotopic (exact) mass is 590 g/mol. The van der Waals surface area contributed by atoms with Gasteiger partial charge in [-0.25, -0.2) is 0 Å². The van der Waals surface area contributed by atoms with Crippen molar-refractivity contribution in [3.63, 3.8) is 0 Å². The van der Waals surface area contributed by atoms with E-state index in [0.717, 1.165) is 39.9 Å². The van der Waals surface area contributed by atoms with Crippen LogP contribution in [0.15, 0.2) is 79.0 Å². The molecule has 4 aromatic rings. The van der Waals surface area contributed by atoms with Gasteiger partial charge in [0.25, 0.3) is 0 Å². The van der Waals surface area contributed by atoms with Crippen LogP contribution in [-0.2, 0) is 22.4 Å². The first-order valence-corrected chi connectivity index (χ1v) is 15.0.